The van der Waals surface area contributed by atoms with E-state index in [1.54, 1.807) is 12.4 Å². The molecule has 0 aliphatic carbocycles. The van der Waals surface area contributed by atoms with Gasteiger partial charge in [0.2, 0.25) is 0 Å². The second kappa shape index (κ2) is 3.24. The van der Waals surface area contributed by atoms with E-state index in [0.29, 0.717) is 0 Å². The summed E-state index contributed by atoms with van der Waals surface area (Å²) in [6, 6.07) is 11.8. The molecule has 71 valence electrons. The lowest BCUT2D eigenvalue weighted by molar-refractivity contribution is 0.607. The molecule has 1 radical (unpaired) electrons. The fourth-order valence-electron chi connectivity index (χ4n) is 1.66. The highest BCUT2D eigenvalue weighted by atomic mass is 16.3. The van der Waals surface area contributed by atoms with Crippen molar-refractivity contribution in [1.29, 1.82) is 0 Å². The molecule has 0 amide bonds. The molecule has 3 aromatic rings. The predicted octanol–water partition coefficient (Wildman–Crippen LogP) is 3.29. The van der Waals surface area contributed by atoms with Gasteiger partial charge in [-0.3, -0.25) is 4.98 Å². The largest absolute Gasteiger partial charge is 0.452 e. The number of hydrogen-bond donors (Lipinski definition) is 0. The first kappa shape index (κ1) is 8.24. The SMILES string of the molecule is [c]1oc2ccccc2c1-c1ccncc1. The molecule has 15 heavy (non-hydrogen) atoms. The third-order valence-electron chi connectivity index (χ3n) is 2.39. The lowest BCUT2D eigenvalue weighted by Crippen LogP contribution is -1.75. The summed E-state index contributed by atoms with van der Waals surface area (Å²) in [7, 11) is 0. The van der Waals surface area contributed by atoms with Crippen LogP contribution in [-0.2, 0) is 0 Å². The van der Waals surface area contributed by atoms with Gasteiger partial charge in [-0.15, -0.1) is 0 Å². The molecule has 2 nitrogen and oxygen atoms in total. The Hall–Kier alpha value is -2.09. The Morgan fingerprint density at radius 3 is 2.67 bits per heavy atom. The molecule has 0 fully saturated rings. The highest BCUT2D eigenvalue weighted by Crippen LogP contribution is 2.28. The summed E-state index contributed by atoms with van der Waals surface area (Å²) in [4.78, 5) is 3.99. The van der Waals surface area contributed by atoms with Crippen molar-refractivity contribution >= 4 is 11.0 Å². The van der Waals surface area contributed by atoms with E-state index in [-0.39, 0.29) is 0 Å². The van der Waals surface area contributed by atoms with Gasteiger partial charge in [0, 0.05) is 23.3 Å². The second-order valence-corrected chi connectivity index (χ2v) is 3.31. The van der Waals surface area contributed by atoms with Gasteiger partial charge in [0.15, 0.2) is 6.26 Å². The number of nitrogens with zero attached hydrogens (tertiary/aromatic N) is 1. The van der Waals surface area contributed by atoms with Crippen LogP contribution in [0.4, 0.5) is 0 Å². The Balaban J connectivity index is 2.28. The van der Waals surface area contributed by atoms with Crippen molar-refractivity contribution in [2.24, 2.45) is 0 Å². The van der Waals surface area contributed by atoms with Gasteiger partial charge in [-0.05, 0) is 23.8 Å². The Labute approximate surface area is 87.2 Å². The van der Waals surface area contributed by atoms with E-state index in [9.17, 15) is 0 Å². The fourth-order valence-corrected chi connectivity index (χ4v) is 1.66. The van der Waals surface area contributed by atoms with E-state index in [0.717, 1.165) is 22.1 Å². The molecular formula is C13H8NO. The molecule has 2 heteroatoms. The summed E-state index contributed by atoms with van der Waals surface area (Å²) in [5, 5.41) is 1.09. The van der Waals surface area contributed by atoms with Crippen molar-refractivity contribution in [3.05, 3.63) is 55.1 Å². The van der Waals surface area contributed by atoms with Gasteiger partial charge in [-0.25, -0.2) is 0 Å². The van der Waals surface area contributed by atoms with Crippen molar-refractivity contribution < 1.29 is 4.42 Å². The van der Waals surface area contributed by atoms with Crippen molar-refractivity contribution in [1.82, 2.24) is 4.98 Å². The zero-order valence-corrected chi connectivity index (χ0v) is 7.97. The molecule has 0 saturated carbocycles. The first-order chi connectivity index (χ1) is 7.45. The summed E-state index contributed by atoms with van der Waals surface area (Å²) < 4.78 is 5.36. The van der Waals surface area contributed by atoms with E-state index in [1.807, 2.05) is 36.4 Å². The van der Waals surface area contributed by atoms with Gasteiger partial charge in [0.25, 0.3) is 0 Å². The molecule has 2 heterocycles. The summed E-state index contributed by atoms with van der Waals surface area (Å²) in [6.45, 7) is 0. The van der Waals surface area contributed by atoms with E-state index in [2.05, 4.69) is 11.2 Å². The highest BCUT2D eigenvalue weighted by molar-refractivity contribution is 5.93. The topological polar surface area (TPSA) is 26.0 Å². The number of rotatable bonds is 1. The van der Waals surface area contributed by atoms with Crippen LogP contribution in [0.15, 0.2) is 53.2 Å². The van der Waals surface area contributed by atoms with Crippen molar-refractivity contribution in [3.8, 4) is 11.1 Å². The zero-order valence-electron chi connectivity index (χ0n) is 7.97. The molecule has 0 saturated heterocycles. The van der Waals surface area contributed by atoms with Crippen molar-refractivity contribution in [3.63, 3.8) is 0 Å². The number of furan rings is 1. The average Bonchev–Trinajstić information content (AvgIpc) is 2.74. The molecule has 0 spiro atoms. The number of aromatic nitrogens is 1. The number of hydrogen-bond acceptors (Lipinski definition) is 2. The van der Waals surface area contributed by atoms with E-state index < -0.39 is 0 Å². The van der Waals surface area contributed by atoms with Crippen LogP contribution >= 0.6 is 0 Å². The lowest BCUT2D eigenvalue weighted by Gasteiger charge is -1.95. The minimum absolute atomic E-state index is 0.865. The third kappa shape index (κ3) is 1.31. The summed E-state index contributed by atoms with van der Waals surface area (Å²) in [6.07, 6.45) is 6.46. The Bertz CT molecular complexity index is 584. The van der Waals surface area contributed by atoms with Crippen LogP contribution in [0, 0.1) is 6.26 Å². The summed E-state index contributed by atoms with van der Waals surface area (Å²) >= 11 is 0. The van der Waals surface area contributed by atoms with Crippen LogP contribution < -0.4 is 0 Å². The Morgan fingerprint density at radius 2 is 1.80 bits per heavy atom. The van der Waals surface area contributed by atoms with Gasteiger partial charge in [-0.1, -0.05) is 18.2 Å². The number of para-hydroxylation sites is 1. The van der Waals surface area contributed by atoms with Crippen LogP contribution in [0.3, 0.4) is 0 Å². The zero-order chi connectivity index (χ0) is 10.1. The monoisotopic (exact) mass is 194 g/mol. The summed E-state index contributed by atoms with van der Waals surface area (Å²) in [5.41, 5.74) is 2.94. The van der Waals surface area contributed by atoms with E-state index in [4.69, 9.17) is 4.42 Å². The molecule has 0 N–H and O–H groups in total. The Kier molecular flexibility index (Phi) is 1.78. The van der Waals surface area contributed by atoms with Gasteiger partial charge in [0.1, 0.15) is 5.58 Å². The molecule has 0 atom stereocenters. The van der Waals surface area contributed by atoms with Crippen LogP contribution in [0.25, 0.3) is 22.1 Å². The van der Waals surface area contributed by atoms with Crippen LogP contribution in [0.5, 0.6) is 0 Å². The third-order valence-corrected chi connectivity index (χ3v) is 2.39. The standard InChI is InChI=1S/C13H8NO/c1-2-4-13-11(3-1)12(9-15-13)10-5-7-14-8-6-10/h1-8H. The van der Waals surface area contributed by atoms with Gasteiger partial charge >= 0.3 is 0 Å². The Morgan fingerprint density at radius 1 is 1.00 bits per heavy atom. The molecule has 3 rings (SSSR count). The quantitative estimate of drug-likeness (QED) is 0.594. The molecular weight excluding hydrogens is 186 g/mol. The van der Waals surface area contributed by atoms with Crippen LogP contribution in [0.2, 0.25) is 0 Å². The minimum atomic E-state index is 0.865. The van der Waals surface area contributed by atoms with E-state index >= 15 is 0 Å². The number of fused-ring (bicyclic) bond motifs is 1. The van der Waals surface area contributed by atoms with Crippen LogP contribution in [0.1, 0.15) is 0 Å². The van der Waals surface area contributed by atoms with Crippen molar-refractivity contribution in [2.75, 3.05) is 0 Å². The lowest BCUT2D eigenvalue weighted by atomic mass is 10.1. The molecule has 2 aromatic heterocycles. The predicted molar refractivity (Wildman–Crippen MR) is 58.3 cm³/mol. The molecule has 0 unspecified atom stereocenters. The first-order valence-corrected chi connectivity index (χ1v) is 4.75. The maximum atomic E-state index is 5.36. The maximum Gasteiger partial charge on any atom is 0.179 e. The normalized spacial score (nSPS) is 10.7. The smallest absolute Gasteiger partial charge is 0.179 e. The van der Waals surface area contributed by atoms with E-state index in [1.165, 1.54) is 0 Å². The van der Waals surface area contributed by atoms with Crippen molar-refractivity contribution in [2.45, 2.75) is 0 Å². The molecule has 0 aliphatic rings. The highest BCUT2D eigenvalue weighted by Gasteiger charge is 2.06. The van der Waals surface area contributed by atoms with Crippen LogP contribution in [-0.4, -0.2) is 4.98 Å². The molecule has 1 aromatic carbocycles. The van der Waals surface area contributed by atoms with Gasteiger partial charge in [0.05, 0.1) is 0 Å². The maximum absolute atomic E-state index is 5.36. The average molecular weight is 194 g/mol. The minimum Gasteiger partial charge on any atom is -0.452 e. The number of pyridine rings is 1. The van der Waals surface area contributed by atoms with Gasteiger partial charge < -0.3 is 4.42 Å². The molecule has 0 aliphatic heterocycles. The first-order valence-electron chi connectivity index (χ1n) is 4.75. The fraction of sp³-hybridized carbons (Fsp3) is 0. The summed E-state index contributed by atoms with van der Waals surface area (Å²) in [5.74, 6) is 0. The van der Waals surface area contributed by atoms with Gasteiger partial charge in [-0.2, -0.15) is 0 Å². The number of benzene rings is 1. The second-order valence-electron chi connectivity index (χ2n) is 3.31. The molecule has 0 bridgehead atoms.